The topological polar surface area (TPSA) is 75.7 Å². The van der Waals surface area contributed by atoms with E-state index in [4.69, 9.17) is 4.74 Å². The van der Waals surface area contributed by atoms with Crippen molar-refractivity contribution in [3.8, 4) is 0 Å². The molecule has 1 heterocycles. The van der Waals surface area contributed by atoms with E-state index >= 15 is 0 Å². The molecule has 1 aliphatic rings. The maximum Gasteiger partial charge on any atom is 0.312 e. The van der Waals surface area contributed by atoms with Gasteiger partial charge in [-0.25, -0.2) is 4.39 Å². The minimum Gasteiger partial charge on any atom is -0.452 e. The van der Waals surface area contributed by atoms with Crippen LogP contribution in [-0.4, -0.2) is 35.3 Å². The number of likely N-dealkylation sites (tertiary alicyclic amines) is 1. The van der Waals surface area contributed by atoms with Gasteiger partial charge >= 0.3 is 5.97 Å². The Bertz CT molecular complexity index is 901. The first-order chi connectivity index (χ1) is 14.3. The third-order valence-electron chi connectivity index (χ3n) is 5.28. The van der Waals surface area contributed by atoms with E-state index in [0.29, 0.717) is 0 Å². The minimum atomic E-state index is -0.992. The largest absolute Gasteiger partial charge is 0.452 e. The number of hydrogen-bond donors (Lipinski definition) is 1. The fraction of sp³-hybridized carbons (Fsp3) is 0.348. The van der Waals surface area contributed by atoms with Gasteiger partial charge in [0.05, 0.1) is 12.0 Å². The summed E-state index contributed by atoms with van der Waals surface area (Å²) < 4.78 is 18.2. The second-order valence-electron chi connectivity index (χ2n) is 7.46. The van der Waals surface area contributed by atoms with Gasteiger partial charge in [-0.05, 0) is 37.1 Å². The van der Waals surface area contributed by atoms with Gasteiger partial charge in [0, 0.05) is 19.5 Å². The number of benzene rings is 2. The normalized spacial score (nSPS) is 18.0. The smallest absolute Gasteiger partial charge is 0.312 e. The lowest BCUT2D eigenvalue weighted by atomic mass is 10.1. The lowest BCUT2D eigenvalue weighted by Crippen LogP contribution is -2.37. The van der Waals surface area contributed by atoms with Gasteiger partial charge in [-0.3, -0.25) is 14.4 Å². The Morgan fingerprint density at radius 2 is 1.80 bits per heavy atom. The van der Waals surface area contributed by atoms with E-state index in [9.17, 15) is 18.8 Å². The zero-order valence-corrected chi connectivity index (χ0v) is 17.0. The summed E-state index contributed by atoms with van der Waals surface area (Å²) in [4.78, 5) is 38.8. The number of ether oxygens (including phenoxy) is 1. The fourth-order valence-corrected chi connectivity index (χ4v) is 3.43. The van der Waals surface area contributed by atoms with Crippen LogP contribution in [0.25, 0.3) is 0 Å². The Hall–Kier alpha value is -3.22. The van der Waals surface area contributed by atoms with Gasteiger partial charge in [0.1, 0.15) is 5.82 Å². The molecule has 1 aliphatic heterocycles. The van der Waals surface area contributed by atoms with Crippen molar-refractivity contribution in [2.45, 2.75) is 39.0 Å². The lowest BCUT2D eigenvalue weighted by molar-refractivity contribution is -0.158. The zero-order chi connectivity index (χ0) is 21.7. The average molecular weight is 412 g/mol. The molecule has 0 radical (unpaired) electrons. The first-order valence-electron chi connectivity index (χ1n) is 9.92. The van der Waals surface area contributed by atoms with Crippen LogP contribution in [0.4, 0.5) is 4.39 Å². The molecule has 2 aromatic rings. The Morgan fingerprint density at radius 1 is 1.13 bits per heavy atom. The predicted octanol–water partition coefficient (Wildman–Crippen LogP) is 2.98. The molecule has 0 bridgehead atoms. The van der Waals surface area contributed by atoms with Gasteiger partial charge in [0.15, 0.2) is 6.10 Å². The second-order valence-corrected chi connectivity index (χ2v) is 7.46. The molecule has 1 fully saturated rings. The van der Waals surface area contributed by atoms with Gasteiger partial charge in [-0.15, -0.1) is 0 Å². The van der Waals surface area contributed by atoms with E-state index in [2.05, 4.69) is 5.32 Å². The first-order valence-corrected chi connectivity index (χ1v) is 9.92. The highest BCUT2D eigenvalue weighted by Gasteiger charge is 2.38. The average Bonchev–Trinajstić information content (AvgIpc) is 3.15. The number of nitrogens with zero attached hydrogens (tertiary/aromatic N) is 1. The molecular weight excluding hydrogens is 387 g/mol. The standard InChI is InChI=1S/C23H25FN2O4/c1-15(18-6-4-3-5-7-18)26-14-19(12-21(26)27)23(29)30-16(2)22(28)25-13-17-8-10-20(24)11-9-17/h3-11,15-16,19H,12-14H2,1-2H3,(H,25,28)/t15-,16-,19+/m0/s1. The maximum atomic E-state index is 12.9. The molecule has 1 N–H and O–H groups in total. The quantitative estimate of drug-likeness (QED) is 0.710. The number of carbonyl (C=O) groups excluding carboxylic acids is 3. The van der Waals surface area contributed by atoms with Crippen LogP contribution in [0.1, 0.15) is 37.4 Å². The number of rotatable bonds is 7. The molecule has 3 rings (SSSR count). The van der Waals surface area contributed by atoms with Gasteiger partial charge in [-0.2, -0.15) is 0 Å². The molecular formula is C23H25FN2O4. The summed E-state index contributed by atoms with van der Waals surface area (Å²) in [5.41, 5.74) is 1.73. The van der Waals surface area contributed by atoms with Crippen LogP contribution in [0.2, 0.25) is 0 Å². The van der Waals surface area contributed by atoms with Crippen LogP contribution in [-0.2, 0) is 25.7 Å². The van der Waals surface area contributed by atoms with Gasteiger partial charge in [-0.1, -0.05) is 42.5 Å². The molecule has 0 unspecified atom stereocenters. The molecule has 0 saturated carbocycles. The van der Waals surface area contributed by atoms with Crippen molar-refractivity contribution in [3.63, 3.8) is 0 Å². The first kappa shape index (κ1) is 21.5. The highest BCUT2D eigenvalue weighted by molar-refractivity contribution is 5.89. The molecule has 3 atom stereocenters. The lowest BCUT2D eigenvalue weighted by Gasteiger charge is -2.25. The monoisotopic (exact) mass is 412 g/mol. The van der Waals surface area contributed by atoms with Crippen molar-refractivity contribution < 1.29 is 23.5 Å². The summed E-state index contributed by atoms with van der Waals surface area (Å²) in [6.45, 7) is 3.87. The van der Waals surface area contributed by atoms with Crippen molar-refractivity contribution in [2.24, 2.45) is 5.92 Å². The molecule has 0 aromatic heterocycles. The highest BCUT2D eigenvalue weighted by atomic mass is 19.1. The van der Waals surface area contributed by atoms with Gasteiger partial charge in [0.2, 0.25) is 5.91 Å². The van der Waals surface area contributed by atoms with E-state index in [1.807, 2.05) is 37.3 Å². The van der Waals surface area contributed by atoms with E-state index in [1.165, 1.54) is 19.1 Å². The van der Waals surface area contributed by atoms with Crippen molar-refractivity contribution in [1.29, 1.82) is 0 Å². The van der Waals surface area contributed by atoms with Crippen LogP contribution < -0.4 is 5.32 Å². The number of carbonyl (C=O) groups is 3. The third-order valence-corrected chi connectivity index (χ3v) is 5.28. The summed E-state index contributed by atoms with van der Waals surface area (Å²) >= 11 is 0. The number of halogens is 1. The third kappa shape index (κ3) is 5.23. The zero-order valence-electron chi connectivity index (χ0n) is 17.0. The van der Waals surface area contributed by atoms with E-state index in [1.54, 1.807) is 17.0 Å². The Balaban J connectivity index is 1.50. The van der Waals surface area contributed by atoms with E-state index in [-0.39, 0.29) is 37.3 Å². The molecule has 30 heavy (non-hydrogen) atoms. The van der Waals surface area contributed by atoms with Crippen LogP contribution in [0.3, 0.4) is 0 Å². The van der Waals surface area contributed by atoms with Crippen molar-refractivity contribution in [1.82, 2.24) is 10.2 Å². The Kier molecular flexibility index (Phi) is 6.82. The number of esters is 1. The van der Waals surface area contributed by atoms with Gasteiger partial charge < -0.3 is 15.0 Å². The highest BCUT2D eigenvalue weighted by Crippen LogP contribution is 2.29. The van der Waals surface area contributed by atoms with Crippen LogP contribution in [0, 0.1) is 11.7 Å². The molecule has 0 aliphatic carbocycles. The molecule has 6 nitrogen and oxygen atoms in total. The molecule has 7 heteroatoms. The maximum absolute atomic E-state index is 12.9. The number of hydrogen-bond acceptors (Lipinski definition) is 4. The summed E-state index contributed by atoms with van der Waals surface area (Å²) in [5, 5.41) is 2.66. The predicted molar refractivity (Wildman–Crippen MR) is 108 cm³/mol. The summed E-state index contributed by atoms with van der Waals surface area (Å²) in [6.07, 6.45) is -0.923. The molecule has 2 amide bonds. The van der Waals surface area contributed by atoms with Crippen molar-refractivity contribution in [2.75, 3.05) is 6.54 Å². The summed E-state index contributed by atoms with van der Waals surface area (Å²) in [5.74, 6) is -2.08. The fourth-order valence-electron chi connectivity index (χ4n) is 3.43. The van der Waals surface area contributed by atoms with Gasteiger partial charge in [0.25, 0.3) is 5.91 Å². The molecule has 158 valence electrons. The number of amides is 2. The summed E-state index contributed by atoms with van der Waals surface area (Å²) in [6, 6.07) is 15.2. The Morgan fingerprint density at radius 3 is 2.47 bits per heavy atom. The van der Waals surface area contributed by atoms with E-state index in [0.717, 1.165) is 11.1 Å². The van der Waals surface area contributed by atoms with Crippen LogP contribution in [0.15, 0.2) is 54.6 Å². The van der Waals surface area contributed by atoms with E-state index < -0.39 is 23.9 Å². The SMILES string of the molecule is C[C@H](OC(=O)[C@@H]1CC(=O)N([C@@H](C)c2ccccc2)C1)C(=O)NCc1ccc(F)cc1. The minimum absolute atomic E-state index is 0.0694. The summed E-state index contributed by atoms with van der Waals surface area (Å²) in [7, 11) is 0. The van der Waals surface area contributed by atoms with Crippen LogP contribution >= 0.6 is 0 Å². The Labute approximate surface area is 175 Å². The second kappa shape index (κ2) is 9.52. The molecule has 1 saturated heterocycles. The van der Waals surface area contributed by atoms with Crippen molar-refractivity contribution >= 4 is 17.8 Å². The molecule has 0 spiro atoms. The van der Waals surface area contributed by atoms with Crippen molar-refractivity contribution in [3.05, 3.63) is 71.5 Å². The molecule has 2 aromatic carbocycles. The number of nitrogens with one attached hydrogen (secondary N) is 1. The van der Waals surface area contributed by atoms with Crippen LogP contribution in [0.5, 0.6) is 0 Å².